The zero-order chi connectivity index (χ0) is 15.0. The normalized spacial score (nSPS) is 12.4. The van der Waals surface area contributed by atoms with Gasteiger partial charge >= 0.3 is 0 Å². The molecule has 0 aromatic heterocycles. The molecule has 0 bridgehead atoms. The van der Waals surface area contributed by atoms with Gasteiger partial charge < -0.3 is 4.90 Å². The third-order valence-electron chi connectivity index (χ3n) is 3.78. The number of nitrogens with zero attached hydrogens (tertiary/aromatic N) is 1. The van der Waals surface area contributed by atoms with E-state index in [1.165, 1.54) is 16.7 Å². The van der Waals surface area contributed by atoms with E-state index in [4.69, 9.17) is 0 Å². The van der Waals surface area contributed by atoms with Gasteiger partial charge in [0, 0.05) is 18.3 Å². The van der Waals surface area contributed by atoms with Crippen LogP contribution in [0.2, 0.25) is 0 Å². The van der Waals surface area contributed by atoms with Crippen molar-refractivity contribution < 1.29 is 0 Å². The second-order valence-electron chi connectivity index (χ2n) is 7.46. The standard InChI is InChI=1S/C18H29N/c1-13-12-15(10-11-16(13)17(3,4)5)14(2)19(9)18(6,7)8/h10-12H,2H2,1,3-9H3. The summed E-state index contributed by atoms with van der Waals surface area (Å²) >= 11 is 0. The largest absolute Gasteiger partial charge is 0.370 e. The number of benzene rings is 1. The topological polar surface area (TPSA) is 3.24 Å². The fourth-order valence-electron chi connectivity index (χ4n) is 2.28. The van der Waals surface area contributed by atoms with Crippen molar-refractivity contribution in [3.05, 3.63) is 41.5 Å². The first-order valence-corrected chi connectivity index (χ1v) is 6.99. The Morgan fingerprint density at radius 3 is 1.95 bits per heavy atom. The van der Waals surface area contributed by atoms with Gasteiger partial charge in [-0.1, -0.05) is 39.5 Å². The molecule has 1 aromatic carbocycles. The first-order valence-electron chi connectivity index (χ1n) is 6.99. The summed E-state index contributed by atoms with van der Waals surface area (Å²) in [6, 6.07) is 6.69. The number of hydrogen-bond donors (Lipinski definition) is 0. The molecule has 1 rings (SSSR count). The first-order chi connectivity index (χ1) is 8.44. The molecular weight excluding hydrogens is 230 g/mol. The SMILES string of the molecule is C=C(c1ccc(C(C)(C)C)c(C)c1)N(C)C(C)(C)C. The van der Waals surface area contributed by atoms with Gasteiger partial charge in [-0.05, 0) is 55.9 Å². The molecular formula is C18H29N. The van der Waals surface area contributed by atoms with E-state index in [-0.39, 0.29) is 11.0 Å². The smallest absolute Gasteiger partial charge is 0.0368 e. The molecule has 0 aliphatic heterocycles. The lowest BCUT2D eigenvalue weighted by atomic mass is 9.83. The molecule has 0 atom stereocenters. The number of aryl methyl sites for hydroxylation is 1. The summed E-state index contributed by atoms with van der Waals surface area (Å²) in [7, 11) is 2.11. The molecule has 0 heterocycles. The summed E-state index contributed by atoms with van der Waals surface area (Å²) in [5, 5.41) is 0. The molecule has 0 saturated heterocycles. The van der Waals surface area contributed by atoms with Crippen LogP contribution in [0.3, 0.4) is 0 Å². The van der Waals surface area contributed by atoms with Crippen LogP contribution in [0.4, 0.5) is 0 Å². The molecule has 0 saturated carbocycles. The minimum absolute atomic E-state index is 0.0910. The Hall–Kier alpha value is -1.24. The van der Waals surface area contributed by atoms with Crippen LogP contribution >= 0.6 is 0 Å². The molecule has 0 N–H and O–H groups in total. The molecule has 1 aromatic rings. The molecule has 19 heavy (non-hydrogen) atoms. The predicted molar refractivity (Wildman–Crippen MR) is 86.4 cm³/mol. The summed E-state index contributed by atoms with van der Waals surface area (Å²) in [6.07, 6.45) is 0. The van der Waals surface area contributed by atoms with Gasteiger partial charge in [0.05, 0.1) is 0 Å². The summed E-state index contributed by atoms with van der Waals surface area (Å²) in [5.41, 5.74) is 5.32. The minimum Gasteiger partial charge on any atom is -0.370 e. The molecule has 0 amide bonds. The van der Waals surface area contributed by atoms with E-state index in [9.17, 15) is 0 Å². The molecule has 0 unspecified atom stereocenters. The van der Waals surface area contributed by atoms with Crippen LogP contribution in [0.1, 0.15) is 58.2 Å². The highest BCUT2D eigenvalue weighted by Gasteiger charge is 2.21. The Balaban J connectivity index is 3.12. The summed E-state index contributed by atoms with van der Waals surface area (Å²) in [5.74, 6) is 0. The summed E-state index contributed by atoms with van der Waals surface area (Å²) < 4.78 is 0. The van der Waals surface area contributed by atoms with Crippen LogP contribution in [0.5, 0.6) is 0 Å². The Bertz CT molecular complexity index is 469. The quantitative estimate of drug-likeness (QED) is 0.723. The Kier molecular flexibility index (Phi) is 4.19. The van der Waals surface area contributed by atoms with E-state index in [1.807, 2.05) is 0 Å². The molecule has 0 aliphatic carbocycles. The van der Waals surface area contributed by atoms with Crippen molar-refractivity contribution in [2.75, 3.05) is 7.05 Å². The third-order valence-corrected chi connectivity index (χ3v) is 3.78. The predicted octanol–water partition coefficient (Wildman–Crippen LogP) is 4.99. The van der Waals surface area contributed by atoms with E-state index in [2.05, 4.69) is 85.2 Å². The molecule has 0 spiro atoms. The van der Waals surface area contributed by atoms with Crippen molar-refractivity contribution in [3.63, 3.8) is 0 Å². The zero-order valence-electron chi connectivity index (χ0n) is 13.9. The van der Waals surface area contributed by atoms with Crippen LogP contribution in [-0.4, -0.2) is 17.5 Å². The molecule has 0 radical (unpaired) electrons. The van der Waals surface area contributed by atoms with Crippen LogP contribution in [-0.2, 0) is 5.41 Å². The second-order valence-corrected chi connectivity index (χ2v) is 7.46. The van der Waals surface area contributed by atoms with E-state index >= 15 is 0 Å². The zero-order valence-corrected chi connectivity index (χ0v) is 13.9. The lowest BCUT2D eigenvalue weighted by molar-refractivity contribution is 0.266. The van der Waals surface area contributed by atoms with Gasteiger partial charge in [0.1, 0.15) is 0 Å². The lowest BCUT2D eigenvalue weighted by Crippen LogP contribution is -2.36. The van der Waals surface area contributed by atoms with Gasteiger partial charge in [-0.2, -0.15) is 0 Å². The maximum absolute atomic E-state index is 4.25. The van der Waals surface area contributed by atoms with E-state index in [0.717, 1.165) is 5.70 Å². The average Bonchev–Trinajstić information content (AvgIpc) is 2.23. The van der Waals surface area contributed by atoms with E-state index in [0.29, 0.717) is 0 Å². The van der Waals surface area contributed by atoms with E-state index in [1.54, 1.807) is 0 Å². The number of hydrogen-bond acceptors (Lipinski definition) is 1. The van der Waals surface area contributed by atoms with Crippen LogP contribution in [0.25, 0.3) is 5.70 Å². The third kappa shape index (κ3) is 3.62. The van der Waals surface area contributed by atoms with Crippen molar-refractivity contribution in [2.45, 2.75) is 59.4 Å². The van der Waals surface area contributed by atoms with Gasteiger partial charge in [-0.15, -0.1) is 0 Å². The van der Waals surface area contributed by atoms with Gasteiger partial charge in [-0.3, -0.25) is 0 Å². The summed E-state index contributed by atoms with van der Waals surface area (Å²) in [4.78, 5) is 2.23. The molecule has 0 fully saturated rings. The van der Waals surface area contributed by atoms with Crippen molar-refractivity contribution in [3.8, 4) is 0 Å². The fraction of sp³-hybridized carbons (Fsp3) is 0.556. The minimum atomic E-state index is 0.0910. The fourth-order valence-corrected chi connectivity index (χ4v) is 2.28. The monoisotopic (exact) mass is 259 g/mol. The summed E-state index contributed by atoms with van der Waals surface area (Å²) in [6.45, 7) is 19.8. The highest BCUT2D eigenvalue weighted by Crippen LogP contribution is 2.30. The van der Waals surface area contributed by atoms with Gasteiger partial charge in [0.2, 0.25) is 0 Å². The van der Waals surface area contributed by atoms with Crippen molar-refractivity contribution in [1.29, 1.82) is 0 Å². The van der Waals surface area contributed by atoms with Crippen molar-refractivity contribution in [2.24, 2.45) is 0 Å². The Morgan fingerprint density at radius 1 is 1.05 bits per heavy atom. The van der Waals surface area contributed by atoms with Crippen LogP contribution in [0, 0.1) is 6.92 Å². The van der Waals surface area contributed by atoms with Crippen molar-refractivity contribution in [1.82, 2.24) is 4.90 Å². The molecule has 0 aliphatic rings. The van der Waals surface area contributed by atoms with Crippen LogP contribution in [0.15, 0.2) is 24.8 Å². The first kappa shape index (κ1) is 15.8. The maximum Gasteiger partial charge on any atom is 0.0368 e. The van der Waals surface area contributed by atoms with Gasteiger partial charge in [0.25, 0.3) is 0 Å². The Morgan fingerprint density at radius 2 is 1.58 bits per heavy atom. The molecule has 1 nitrogen and oxygen atoms in total. The highest BCUT2D eigenvalue weighted by atomic mass is 15.2. The second kappa shape index (κ2) is 5.03. The van der Waals surface area contributed by atoms with Crippen molar-refractivity contribution >= 4 is 5.70 Å². The average molecular weight is 259 g/mol. The maximum atomic E-state index is 4.25. The Labute approximate surface area is 119 Å². The molecule has 1 heteroatoms. The van der Waals surface area contributed by atoms with Gasteiger partial charge in [0.15, 0.2) is 0 Å². The highest BCUT2D eigenvalue weighted by molar-refractivity contribution is 5.63. The molecule has 106 valence electrons. The van der Waals surface area contributed by atoms with Gasteiger partial charge in [-0.25, -0.2) is 0 Å². The number of rotatable bonds is 2. The van der Waals surface area contributed by atoms with Crippen LogP contribution < -0.4 is 0 Å². The van der Waals surface area contributed by atoms with E-state index < -0.39 is 0 Å². The lowest BCUT2D eigenvalue weighted by Gasteiger charge is -2.36.